The van der Waals surface area contributed by atoms with Crippen molar-refractivity contribution >= 4 is 18.0 Å². The number of alkyl carbamates (subject to hydrolysis) is 1. The summed E-state index contributed by atoms with van der Waals surface area (Å²) >= 11 is 0. The van der Waals surface area contributed by atoms with E-state index < -0.39 is 23.4 Å². The number of rotatable bonds is 10. The highest BCUT2D eigenvalue weighted by Gasteiger charge is 2.44. The van der Waals surface area contributed by atoms with Crippen molar-refractivity contribution in [3.8, 4) is 11.1 Å². The van der Waals surface area contributed by atoms with E-state index in [0.29, 0.717) is 19.3 Å². The number of carbonyl (C=O) groups excluding carboxylic acids is 2. The third kappa shape index (κ3) is 4.79. The van der Waals surface area contributed by atoms with Gasteiger partial charge in [0.1, 0.15) is 6.61 Å². The molecule has 2 aliphatic carbocycles. The molecule has 1 saturated carbocycles. The fourth-order valence-corrected chi connectivity index (χ4v) is 5.04. The number of carboxylic acids is 1. The largest absolute Gasteiger partial charge is 0.481 e. The zero-order valence-corrected chi connectivity index (χ0v) is 19.5. The Labute approximate surface area is 199 Å². The van der Waals surface area contributed by atoms with Gasteiger partial charge in [-0.2, -0.15) is 0 Å². The number of aliphatic carboxylic acids is 1. The molecule has 2 aromatic rings. The lowest BCUT2D eigenvalue weighted by Gasteiger charge is -2.40. The van der Waals surface area contributed by atoms with Crippen LogP contribution < -0.4 is 10.6 Å². The number of nitrogens with one attached hydrogen (secondary N) is 2. The number of carbonyl (C=O) groups is 3. The molecule has 1 unspecified atom stereocenters. The van der Waals surface area contributed by atoms with Gasteiger partial charge in [0.2, 0.25) is 5.91 Å². The Kier molecular flexibility index (Phi) is 7.20. The van der Waals surface area contributed by atoms with Gasteiger partial charge < -0.3 is 20.5 Å². The maximum atomic E-state index is 12.8. The summed E-state index contributed by atoms with van der Waals surface area (Å²) < 4.78 is 5.59. The van der Waals surface area contributed by atoms with Crippen LogP contribution in [0.3, 0.4) is 0 Å². The third-order valence-corrected chi connectivity index (χ3v) is 7.20. The quantitative estimate of drug-likeness (QED) is 0.486. The van der Waals surface area contributed by atoms with Gasteiger partial charge in [-0.1, -0.05) is 68.3 Å². The van der Waals surface area contributed by atoms with Crippen molar-refractivity contribution < 1.29 is 24.2 Å². The van der Waals surface area contributed by atoms with Gasteiger partial charge in [-0.25, -0.2) is 4.79 Å². The average Bonchev–Trinajstić information content (AvgIpc) is 3.13. The van der Waals surface area contributed by atoms with Crippen LogP contribution in [0.5, 0.6) is 0 Å². The van der Waals surface area contributed by atoms with Crippen LogP contribution >= 0.6 is 0 Å². The molecule has 0 aromatic heterocycles. The Bertz CT molecular complexity index is 1020. The molecule has 2 aliphatic rings. The number of hydrogen-bond donors (Lipinski definition) is 3. The van der Waals surface area contributed by atoms with E-state index in [1.807, 2.05) is 31.2 Å². The number of fused-ring (bicyclic) bond motifs is 3. The molecule has 180 valence electrons. The van der Waals surface area contributed by atoms with Crippen LogP contribution in [-0.4, -0.2) is 42.8 Å². The van der Waals surface area contributed by atoms with Crippen LogP contribution in [0.2, 0.25) is 0 Å². The van der Waals surface area contributed by atoms with Crippen LogP contribution in [0, 0.1) is 11.3 Å². The molecule has 0 saturated heterocycles. The Morgan fingerprint density at radius 1 is 1.03 bits per heavy atom. The van der Waals surface area contributed by atoms with E-state index in [0.717, 1.165) is 24.0 Å². The lowest BCUT2D eigenvalue weighted by atomic mass is 9.68. The molecule has 2 amide bonds. The van der Waals surface area contributed by atoms with E-state index in [1.165, 1.54) is 11.1 Å². The first-order valence-corrected chi connectivity index (χ1v) is 12.0. The minimum absolute atomic E-state index is 0.0226. The first-order chi connectivity index (χ1) is 16.4. The molecule has 0 spiro atoms. The summed E-state index contributed by atoms with van der Waals surface area (Å²) in [6.07, 6.45) is 2.93. The monoisotopic (exact) mass is 464 g/mol. The molecule has 1 atom stereocenters. The Morgan fingerprint density at radius 3 is 2.18 bits per heavy atom. The second kappa shape index (κ2) is 10.3. The Morgan fingerprint density at radius 2 is 1.65 bits per heavy atom. The molecule has 0 aliphatic heterocycles. The van der Waals surface area contributed by atoms with E-state index in [9.17, 15) is 19.5 Å². The van der Waals surface area contributed by atoms with Gasteiger partial charge in [0, 0.05) is 19.0 Å². The third-order valence-electron chi connectivity index (χ3n) is 7.20. The molecular formula is C27H32N2O5. The molecule has 34 heavy (non-hydrogen) atoms. The standard InChI is InChI=1S/C27H32N2O5/c1-2-8-18(24(30)31)15-28-25(32)27(13-7-14-27)17-29-26(33)34-16-23-21-11-5-3-9-19(21)20-10-4-6-12-22(20)23/h3-6,9-12,18,23H,2,7-8,13-17H2,1H3,(H,28,32)(H,29,33)(H,30,31). The Balaban J connectivity index is 1.31. The van der Waals surface area contributed by atoms with Gasteiger partial charge in [0.25, 0.3) is 0 Å². The number of hydrogen-bond acceptors (Lipinski definition) is 4. The van der Waals surface area contributed by atoms with Crippen molar-refractivity contribution in [1.82, 2.24) is 10.6 Å². The topological polar surface area (TPSA) is 105 Å². The van der Waals surface area contributed by atoms with E-state index in [1.54, 1.807) is 0 Å². The minimum atomic E-state index is -0.901. The first-order valence-electron chi connectivity index (χ1n) is 12.0. The highest BCUT2D eigenvalue weighted by atomic mass is 16.5. The zero-order valence-electron chi connectivity index (χ0n) is 19.5. The second-order valence-corrected chi connectivity index (χ2v) is 9.35. The molecule has 0 heterocycles. The summed E-state index contributed by atoms with van der Waals surface area (Å²) in [5.74, 6) is -1.71. The first kappa shape index (κ1) is 23.8. The summed E-state index contributed by atoms with van der Waals surface area (Å²) in [7, 11) is 0. The van der Waals surface area contributed by atoms with E-state index in [2.05, 4.69) is 34.9 Å². The summed E-state index contributed by atoms with van der Waals surface area (Å²) in [6.45, 7) is 2.43. The van der Waals surface area contributed by atoms with E-state index in [4.69, 9.17) is 4.74 Å². The molecular weight excluding hydrogens is 432 g/mol. The number of ether oxygens (including phenoxy) is 1. The number of carboxylic acid groups (broad SMARTS) is 1. The van der Waals surface area contributed by atoms with E-state index >= 15 is 0 Å². The molecule has 0 bridgehead atoms. The molecule has 4 rings (SSSR count). The predicted molar refractivity (Wildman–Crippen MR) is 128 cm³/mol. The van der Waals surface area contributed by atoms with Crippen LogP contribution in [0.25, 0.3) is 11.1 Å². The van der Waals surface area contributed by atoms with Crippen molar-refractivity contribution in [1.29, 1.82) is 0 Å². The fraction of sp³-hybridized carbons (Fsp3) is 0.444. The van der Waals surface area contributed by atoms with Crippen LogP contribution in [-0.2, 0) is 14.3 Å². The number of benzene rings is 2. The Hall–Kier alpha value is -3.35. The molecule has 1 fully saturated rings. The fourth-order valence-electron chi connectivity index (χ4n) is 5.04. The van der Waals surface area contributed by atoms with E-state index in [-0.39, 0.29) is 31.5 Å². The van der Waals surface area contributed by atoms with Gasteiger partial charge in [-0.15, -0.1) is 0 Å². The summed E-state index contributed by atoms with van der Waals surface area (Å²) in [6, 6.07) is 16.3. The zero-order chi connectivity index (χ0) is 24.1. The molecule has 7 heteroatoms. The maximum absolute atomic E-state index is 12.8. The lowest BCUT2D eigenvalue weighted by Crippen LogP contribution is -2.53. The van der Waals surface area contributed by atoms with Gasteiger partial charge in [-0.05, 0) is 41.5 Å². The predicted octanol–water partition coefficient (Wildman–Crippen LogP) is 4.31. The molecule has 2 aromatic carbocycles. The van der Waals surface area contributed by atoms with Crippen molar-refractivity contribution in [2.24, 2.45) is 11.3 Å². The summed E-state index contributed by atoms with van der Waals surface area (Å²) in [5, 5.41) is 14.9. The number of amides is 2. The smallest absolute Gasteiger partial charge is 0.407 e. The molecule has 3 N–H and O–H groups in total. The lowest BCUT2D eigenvalue weighted by molar-refractivity contribution is -0.142. The summed E-state index contributed by atoms with van der Waals surface area (Å²) in [4.78, 5) is 36.7. The molecule has 7 nitrogen and oxygen atoms in total. The van der Waals surface area contributed by atoms with Crippen LogP contribution in [0.15, 0.2) is 48.5 Å². The SMILES string of the molecule is CCCC(CNC(=O)C1(CNC(=O)OCC2c3ccccc3-c3ccccc32)CCC1)C(=O)O. The maximum Gasteiger partial charge on any atom is 0.407 e. The van der Waals surface area contributed by atoms with Crippen LogP contribution in [0.1, 0.15) is 56.1 Å². The summed E-state index contributed by atoms with van der Waals surface area (Å²) in [5.41, 5.74) is 3.93. The average molecular weight is 465 g/mol. The van der Waals surface area contributed by atoms with Crippen molar-refractivity contribution in [2.75, 3.05) is 19.7 Å². The highest BCUT2D eigenvalue weighted by molar-refractivity contribution is 5.85. The highest BCUT2D eigenvalue weighted by Crippen LogP contribution is 2.44. The van der Waals surface area contributed by atoms with Gasteiger partial charge in [0.05, 0.1) is 11.3 Å². The normalized spacial score (nSPS) is 16.5. The molecule has 0 radical (unpaired) electrons. The van der Waals surface area contributed by atoms with Crippen molar-refractivity contribution in [3.63, 3.8) is 0 Å². The van der Waals surface area contributed by atoms with Crippen molar-refractivity contribution in [2.45, 2.75) is 44.9 Å². The van der Waals surface area contributed by atoms with Crippen molar-refractivity contribution in [3.05, 3.63) is 59.7 Å². The van der Waals surface area contributed by atoms with Gasteiger partial charge in [0.15, 0.2) is 0 Å². The second-order valence-electron chi connectivity index (χ2n) is 9.35. The van der Waals surface area contributed by atoms with Crippen LogP contribution in [0.4, 0.5) is 4.79 Å². The van der Waals surface area contributed by atoms with Gasteiger partial charge >= 0.3 is 12.1 Å². The van der Waals surface area contributed by atoms with Gasteiger partial charge in [-0.3, -0.25) is 9.59 Å². The minimum Gasteiger partial charge on any atom is -0.481 e.